The number of hydrogen-bond donors (Lipinski definition) is 1. The number of rotatable bonds is 3. The van der Waals surface area contributed by atoms with Crippen LogP contribution in [0.3, 0.4) is 0 Å². The maximum absolute atomic E-state index is 12.7. The summed E-state index contributed by atoms with van der Waals surface area (Å²) in [6.45, 7) is 0. The van der Waals surface area contributed by atoms with Gasteiger partial charge in [-0.15, -0.1) is 11.3 Å². The van der Waals surface area contributed by atoms with Crippen molar-refractivity contribution >= 4 is 43.3 Å². The van der Waals surface area contributed by atoms with Gasteiger partial charge in [0.15, 0.2) is 0 Å². The van der Waals surface area contributed by atoms with E-state index in [1.54, 1.807) is 11.4 Å². The first kappa shape index (κ1) is 13.5. The van der Waals surface area contributed by atoms with Crippen LogP contribution in [-0.2, 0) is 14.8 Å². The highest BCUT2D eigenvalue weighted by Gasteiger charge is 2.54. The predicted molar refractivity (Wildman–Crippen MR) is 73.6 cm³/mol. The summed E-state index contributed by atoms with van der Waals surface area (Å²) in [5.74, 6) is -1.45. The average Bonchev–Trinajstić information content (AvgIpc) is 3.01. The lowest BCUT2D eigenvalue weighted by Gasteiger charge is -2.21. The molecule has 5 nitrogen and oxygen atoms in total. The fourth-order valence-electron chi connectivity index (χ4n) is 3.14. The monoisotopic (exact) mass is 365 g/mol. The van der Waals surface area contributed by atoms with Crippen LogP contribution in [0.1, 0.15) is 19.3 Å². The van der Waals surface area contributed by atoms with Gasteiger partial charge in [-0.3, -0.25) is 4.79 Å². The molecule has 0 radical (unpaired) electrons. The molecule has 104 valence electrons. The molecule has 2 aliphatic heterocycles. The van der Waals surface area contributed by atoms with Gasteiger partial charge in [0, 0.05) is 16.6 Å². The van der Waals surface area contributed by atoms with Gasteiger partial charge in [-0.2, -0.15) is 4.31 Å². The van der Waals surface area contributed by atoms with Gasteiger partial charge in [0.1, 0.15) is 4.21 Å². The molecule has 0 saturated carbocycles. The third-order valence-electron chi connectivity index (χ3n) is 3.89. The number of hydrogen-bond acceptors (Lipinski definition) is 4. The first-order valence-corrected chi connectivity index (χ1v) is 9.03. The van der Waals surface area contributed by atoms with Crippen LogP contribution in [0.25, 0.3) is 0 Å². The fraction of sp³-hybridized carbons (Fsp3) is 0.545. The number of halogens is 1. The van der Waals surface area contributed by atoms with Crippen LogP contribution in [0.2, 0.25) is 0 Å². The second-order valence-electron chi connectivity index (χ2n) is 4.87. The van der Waals surface area contributed by atoms with E-state index in [0.717, 1.165) is 17.8 Å². The first-order valence-electron chi connectivity index (χ1n) is 5.92. The van der Waals surface area contributed by atoms with Gasteiger partial charge in [-0.25, -0.2) is 8.42 Å². The molecule has 3 unspecified atom stereocenters. The van der Waals surface area contributed by atoms with Gasteiger partial charge < -0.3 is 5.11 Å². The standard InChI is InChI=1S/C11H12BrNO4S2/c12-8-3-4-18-11(8)19(16,17)13-6-1-2-9(13)7(5-6)10(14)15/h3-4,6-7,9H,1-2,5H2,(H,14,15). The summed E-state index contributed by atoms with van der Waals surface area (Å²) in [4.78, 5) is 11.2. The third kappa shape index (κ3) is 1.96. The zero-order chi connectivity index (χ0) is 13.8. The van der Waals surface area contributed by atoms with Gasteiger partial charge in [-0.05, 0) is 46.6 Å². The van der Waals surface area contributed by atoms with Crippen molar-refractivity contribution < 1.29 is 18.3 Å². The molecule has 2 bridgehead atoms. The van der Waals surface area contributed by atoms with Crippen molar-refractivity contribution in [2.45, 2.75) is 35.6 Å². The Morgan fingerprint density at radius 2 is 2.21 bits per heavy atom. The number of aliphatic carboxylic acids is 1. The Labute approximate surface area is 123 Å². The summed E-state index contributed by atoms with van der Waals surface area (Å²) in [5, 5.41) is 10.9. The van der Waals surface area contributed by atoms with E-state index in [1.807, 2.05) is 0 Å². The number of carboxylic acid groups (broad SMARTS) is 1. The van der Waals surface area contributed by atoms with Crippen molar-refractivity contribution in [3.63, 3.8) is 0 Å². The molecular weight excluding hydrogens is 354 g/mol. The van der Waals surface area contributed by atoms with Crippen LogP contribution >= 0.6 is 27.3 Å². The predicted octanol–water partition coefficient (Wildman–Crippen LogP) is 2.14. The van der Waals surface area contributed by atoms with E-state index in [1.165, 1.54) is 4.31 Å². The van der Waals surface area contributed by atoms with E-state index in [0.29, 0.717) is 17.3 Å². The molecule has 1 aromatic rings. The summed E-state index contributed by atoms with van der Waals surface area (Å²) >= 11 is 4.40. The number of fused-ring (bicyclic) bond motifs is 2. The Morgan fingerprint density at radius 1 is 1.47 bits per heavy atom. The topological polar surface area (TPSA) is 74.7 Å². The SMILES string of the molecule is O=C(O)C1CC2CCC1N2S(=O)(=O)c1sccc1Br. The van der Waals surface area contributed by atoms with Crippen LogP contribution in [0.4, 0.5) is 0 Å². The Kier molecular flexibility index (Phi) is 3.24. The maximum atomic E-state index is 12.7. The molecular formula is C11H12BrNO4S2. The smallest absolute Gasteiger partial charge is 0.308 e. The number of carboxylic acids is 1. The number of carbonyl (C=O) groups is 1. The lowest BCUT2D eigenvalue weighted by molar-refractivity contribution is -0.142. The highest BCUT2D eigenvalue weighted by atomic mass is 79.9. The fourth-order valence-corrected chi connectivity index (χ4v) is 7.46. The molecule has 3 heterocycles. The molecule has 0 aliphatic carbocycles. The molecule has 8 heteroatoms. The minimum Gasteiger partial charge on any atom is -0.481 e. The average molecular weight is 366 g/mol. The molecule has 1 N–H and O–H groups in total. The summed E-state index contributed by atoms with van der Waals surface area (Å²) in [7, 11) is -3.59. The van der Waals surface area contributed by atoms with Gasteiger partial charge >= 0.3 is 5.97 Å². The van der Waals surface area contributed by atoms with Crippen LogP contribution in [0, 0.1) is 5.92 Å². The number of thiophene rings is 1. The summed E-state index contributed by atoms with van der Waals surface area (Å²) < 4.78 is 27.6. The molecule has 19 heavy (non-hydrogen) atoms. The largest absolute Gasteiger partial charge is 0.481 e. The van der Waals surface area contributed by atoms with Crippen molar-refractivity contribution in [1.82, 2.24) is 4.31 Å². The molecule has 0 spiro atoms. The number of nitrogens with zero attached hydrogens (tertiary/aromatic N) is 1. The Hall–Kier alpha value is -0.440. The molecule has 1 aromatic heterocycles. The maximum Gasteiger partial charge on any atom is 0.308 e. The molecule has 2 aliphatic rings. The second-order valence-corrected chi connectivity index (χ2v) is 8.68. The molecule has 0 aromatic carbocycles. The lowest BCUT2D eigenvalue weighted by atomic mass is 9.89. The number of sulfonamides is 1. The molecule has 3 rings (SSSR count). The van der Waals surface area contributed by atoms with Crippen LogP contribution in [-0.4, -0.2) is 35.9 Å². The Bertz CT molecular complexity index is 626. The normalized spacial score (nSPS) is 30.9. The van der Waals surface area contributed by atoms with Crippen molar-refractivity contribution in [2.75, 3.05) is 0 Å². The van der Waals surface area contributed by atoms with Crippen LogP contribution in [0.5, 0.6) is 0 Å². The Balaban J connectivity index is 2.00. The molecule has 2 fully saturated rings. The van der Waals surface area contributed by atoms with Crippen LogP contribution < -0.4 is 0 Å². The second kappa shape index (κ2) is 4.54. The van der Waals surface area contributed by atoms with E-state index in [4.69, 9.17) is 0 Å². The first-order chi connectivity index (χ1) is 8.93. The van der Waals surface area contributed by atoms with E-state index in [-0.39, 0.29) is 16.3 Å². The minimum atomic E-state index is -3.59. The van der Waals surface area contributed by atoms with Crippen molar-refractivity contribution in [3.05, 3.63) is 15.9 Å². The van der Waals surface area contributed by atoms with Crippen molar-refractivity contribution in [2.24, 2.45) is 5.92 Å². The van der Waals surface area contributed by atoms with Gasteiger partial charge in [0.25, 0.3) is 10.0 Å². The molecule has 2 saturated heterocycles. The van der Waals surface area contributed by atoms with Gasteiger partial charge in [-0.1, -0.05) is 0 Å². The third-order valence-corrected chi connectivity index (χ3v) is 8.51. The zero-order valence-corrected chi connectivity index (χ0v) is 13.0. The van der Waals surface area contributed by atoms with E-state index in [9.17, 15) is 18.3 Å². The van der Waals surface area contributed by atoms with E-state index < -0.39 is 21.9 Å². The molecule has 0 amide bonds. The molecule has 3 atom stereocenters. The van der Waals surface area contributed by atoms with Gasteiger partial charge in [0.05, 0.1) is 5.92 Å². The highest BCUT2D eigenvalue weighted by molar-refractivity contribution is 9.10. The minimum absolute atomic E-state index is 0.162. The lowest BCUT2D eigenvalue weighted by Crippen LogP contribution is -2.37. The van der Waals surface area contributed by atoms with E-state index in [2.05, 4.69) is 15.9 Å². The zero-order valence-electron chi connectivity index (χ0n) is 9.82. The highest BCUT2D eigenvalue weighted by Crippen LogP contribution is 2.46. The summed E-state index contributed by atoms with van der Waals surface area (Å²) in [6.07, 6.45) is 1.84. The van der Waals surface area contributed by atoms with E-state index >= 15 is 0 Å². The Morgan fingerprint density at radius 3 is 2.74 bits per heavy atom. The van der Waals surface area contributed by atoms with Crippen LogP contribution in [0.15, 0.2) is 20.1 Å². The van der Waals surface area contributed by atoms with Gasteiger partial charge in [0.2, 0.25) is 0 Å². The summed E-state index contributed by atoms with van der Waals surface area (Å²) in [5.41, 5.74) is 0. The van der Waals surface area contributed by atoms with Crippen molar-refractivity contribution in [3.8, 4) is 0 Å². The summed E-state index contributed by atoms with van der Waals surface area (Å²) in [6, 6.07) is 1.15. The van der Waals surface area contributed by atoms with Crippen molar-refractivity contribution in [1.29, 1.82) is 0 Å². The quantitative estimate of drug-likeness (QED) is 0.890.